The minimum atomic E-state index is -0.604. The molecule has 2 aromatic rings. The average Bonchev–Trinajstić information content (AvgIpc) is 3.13. The van der Waals surface area contributed by atoms with Crippen LogP contribution in [0.1, 0.15) is 5.56 Å². The molecule has 2 aromatic carbocycles. The minimum Gasteiger partial charge on any atom is -0.478 e. The Morgan fingerprint density at radius 1 is 1.05 bits per heavy atom. The van der Waals surface area contributed by atoms with Crippen LogP contribution in [0.25, 0.3) is 0 Å². The van der Waals surface area contributed by atoms with Crippen molar-refractivity contribution in [3.05, 3.63) is 48.0 Å². The van der Waals surface area contributed by atoms with Crippen LogP contribution in [-0.4, -0.2) is 18.9 Å². The van der Waals surface area contributed by atoms with E-state index in [9.17, 15) is 4.79 Å². The number of benzene rings is 2. The number of carbonyl (C=O) groups excluding carboxylic acids is 1. The first-order valence-electron chi connectivity index (χ1n) is 6.65. The van der Waals surface area contributed by atoms with Crippen molar-refractivity contribution in [3.8, 4) is 23.0 Å². The van der Waals surface area contributed by atoms with E-state index in [2.05, 4.69) is 0 Å². The maximum absolute atomic E-state index is 12.2. The number of esters is 1. The number of carbonyl (C=O) groups is 1. The summed E-state index contributed by atoms with van der Waals surface area (Å²) in [4.78, 5) is 12.2. The quantitative estimate of drug-likeness (QED) is 0.626. The lowest BCUT2D eigenvalue weighted by atomic mass is 10.1. The van der Waals surface area contributed by atoms with Gasteiger partial charge in [0.2, 0.25) is 6.79 Å². The van der Waals surface area contributed by atoms with Crippen molar-refractivity contribution in [1.29, 1.82) is 0 Å². The molecule has 5 nitrogen and oxygen atoms in total. The molecule has 0 spiro atoms. The van der Waals surface area contributed by atoms with Crippen LogP contribution in [0.5, 0.6) is 23.0 Å². The Morgan fingerprint density at radius 3 is 2.81 bits per heavy atom. The lowest BCUT2D eigenvalue weighted by Gasteiger charge is -2.10. The van der Waals surface area contributed by atoms with Gasteiger partial charge in [0, 0.05) is 12.5 Å². The highest BCUT2D eigenvalue weighted by Crippen LogP contribution is 2.35. The third-order valence-electron chi connectivity index (χ3n) is 3.47. The molecular formula is C16H12O5. The molecule has 0 aromatic heterocycles. The molecule has 0 bridgehead atoms. The van der Waals surface area contributed by atoms with Crippen LogP contribution >= 0.6 is 0 Å². The van der Waals surface area contributed by atoms with E-state index in [0.717, 1.165) is 11.3 Å². The molecule has 2 aliphatic heterocycles. The molecule has 0 saturated carbocycles. The molecule has 0 aliphatic carbocycles. The predicted molar refractivity (Wildman–Crippen MR) is 72.8 cm³/mol. The van der Waals surface area contributed by atoms with Gasteiger partial charge < -0.3 is 18.9 Å². The van der Waals surface area contributed by atoms with Crippen LogP contribution in [0, 0.1) is 0 Å². The highest BCUT2D eigenvalue weighted by atomic mass is 16.7. The van der Waals surface area contributed by atoms with Crippen LogP contribution in [0.15, 0.2) is 42.5 Å². The molecule has 106 valence electrons. The zero-order chi connectivity index (χ0) is 14.2. The van der Waals surface area contributed by atoms with Gasteiger partial charge in [-0.1, -0.05) is 18.2 Å². The Labute approximate surface area is 121 Å². The molecule has 2 heterocycles. The van der Waals surface area contributed by atoms with E-state index in [4.69, 9.17) is 18.9 Å². The lowest BCUT2D eigenvalue weighted by Crippen LogP contribution is -2.29. The molecular weight excluding hydrogens is 272 g/mol. The third kappa shape index (κ3) is 2.16. The van der Waals surface area contributed by atoms with Gasteiger partial charge in [-0.3, -0.25) is 0 Å². The Balaban J connectivity index is 1.47. The first-order valence-corrected chi connectivity index (χ1v) is 6.65. The molecule has 0 N–H and O–H groups in total. The van der Waals surface area contributed by atoms with Crippen molar-refractivity contribution in [2.75, 3.05) is 6.79 Å². The topological polar surface area (TPSA) is 54.0 Å². The molecule has 1 atom stereocenters. The van der Waals surface area contributed by atoms with E-state index in [-0.39, 0.29) is 6.79 Å². The molecule has 21 heavy (non-hydrogen) atoms. The Morgan fingerprint density at radius 2 is 1.90 bits per heavy atom. The van der Waals surface area contributed by atoms with Crippen LogP contribution in [0.3, 0.4) is 0 Å². The Hall–Kier alpha value is -2.69. The fourth-order valence-electron chi connectivity index (χ4n) is 2.44. The Kier molecular flexibility index (Phi) is 2.70. The number of rotatable bonds is 2. The number of ether oxygens (including phenoxy) is 4. The fraction of sp³-hybridized carbons (Fsp3) is 0.188. The summed E-state index contributed by atoms with van der Waals surface area (Å²) < 4.78 is 21.4. The highest BCUT2D eigenvalue weighted by molar-refractivity contribution is 5.79. The number of hydrogen-bond acceptors (Lipinski definition) is 5. The minimum absolute atomic E-state index is 0.188. The predicted octanol–water partition coefficient (Wildman–Crippen LogP) is 2.32. The van der Waals surface area contributed by atoms with Crippen molar-refractivity contribution >= 4 is 5.97 Å². The second-order valence-electron chi connectivity index (χ2n) is 4.85. The largest absolute Gasteiger partial charge is 0.478 e. The maximum Gasteiger partial charge on any atom is 0.353 e. The van der Waals surface area contributed by atoms with Gasteiger partial charge in [0.25, 0.3) is 0 Å². The molecule has 4 rings (SSSR count). The van der Waals surface area contributed by atoms with Crippen molar-refractivity contribution in [2.24, 2.45) is 0 Å². The summed E-state index contributed by atoms with van der Waals surface area (Å²) >= 11 is 0. The number of hydrogen-bond donors (Lipinski definition) is 0. The summed E-state index contributed by atoms with van der Waals surface area (Å²) in [7, 11) is 0. The summed E-state index contributed by atoms with van der Waals surface area (Å²) in [6.07, 6.45) is -0.0765. The van der Waals surface area contributed by atoms with Crippen LogP contribution < -0.4 is 18.9 Å². The third-order valence-corrected chi connectivity index (χ3v) is 3.47. The van der Waals surface area contributed by atoms with Gasteiger partial charge in [0.15, 0.2) is 17.6 Å². The van der Waals surface area contributed by atoms with Gasteiger partial charge in [-0.25, -0.2) is 4.79 Å². The molecule has 0 fully saturated rings. The summed E-state index contributed by atoms with van der Waals surface area (Å²) in [5.74, 6) is 1.98. The normalized spacial score (nSPS) is 18.0. The molecule has 0 saturated heterocycles. The fourth-order valence-corrected chi connectivity index (χ4v) is 2.44. The van der Waals surface area contributed by atoms with Crippen molar-refractivity contribution in [1.82, 2.24) is 0 Å². The first-order chi connectivity index (χ1) is 10.3. The van der Waals surface area contributed by atoms with E-state index in [0.29, 0.717) is 23.7 Å². The van der Waals surface area contributed by atoms with Crippen LogP contribution in [-0.2, 0) is 11.2 Å². The van der Waals surface area contributed by atoms with Gasteiger partial charge in [-0.05, 0) is 23.8 Å². The van der Waals surface area contributed by atoms with Gasteiger partial charge in [-0.2, -0.15) is 0 Å². The molecule has 5 heteroatoms. The van der Waals surface area contributed by atoms with Crippen LogP contribution in [0.2, 0.25) is 0 Å². The number of para-hydroxylation sites is 1. The van der Waals surface area contributed by atoms with E-state index in [1.165, 1.54) is 0 Å². The van der Waals surface area contributed by atoms with Gasteiger partial charge in [0.05, 0.1) is 0 Å². The molecule has 0 amide bonds. The summed E-state index contributed by atoms with van der Waals surface area (Å²) in [5, 5.41) is 0. The smallest absolute Gasteiger partial charge is 0.353 e. The summed E-state index contributed by atoms with van der Waals surface area (Å²) in [6.45, 7) is 0.188. The molecule has 0 radical (unpaired) electrons. The zero-order valence-electron chi connectivity index (χ0n) is 11.1. The second kappa shape index (κ2) is 4.70. The van der Waals surface area contributed by atoms with Gasteiger partial charge in [-0.15, -0.1) is 0 Å². The maximum atomic E-state index is 12.2. The highest BCUT2D eigenvalue weighted by Gasteiger charge is 2.30. The van der Waals surface area contributed by atoms with Gasteiger partial charge in [0.1, 0.15) is 11.5 Å². The molecule has 1 unspecified atom stereocenters. The standard InChI is InChI=1S/C16H12O5/c17-16(15-7-10-3-1-2-4-12(10)21-15)20-11-5-6-13-14(8-11)19-9-18-13/h1-6,8,15H,7,9H2. The number of fused-ring (bicyclic) bond motifs is 2. The summed E-state index contributed by atoms with van der Waals surface area (Å²) in [6, 6.07) is 12.6. The Bertz CT molecular complexity index is 685. The van der Waals surface area contributed by atoms with Crippen molar-refractivity contribution in [3.63, 3.8) is 0 Å². The van der Waals surface area contributed by atoms with E-state index in [1.54, 1.807) is 18.2 Å². The van der Waals surface area contributed by atoms with E-state index >= 15 is 0 Å². The van der Waals surface area contributed by atoms with Crippen molar-refractivity contribution in [2.45, 2.75) is 12.5 Å². The second-order valence-corrected chi connectivity index (χ2v) is 4.85. The van der Waals surface area contributed by atoms with Crippen molar-refractivity contribution < 1.29 is 23.7 Å². The van der Waals surface area contributed by atoms with Gasteiger partial charge >= 0.3 is 5.97 Å². The van der Waals surface area contributed by atoms with E-state index < -0.39 is 12.1 Å². The zero-order valence-corrected chi connectivity index (χ0v) is 11.1. The van der Waals surface area contributed by atoms with Crippen LogP contribution in [0.4, 0.5) is 0 Å². The SMILES string of the molecule is O=C(Oc1ccc2c(c1)OCO2)C1Cc2ccccc2O1. The molecule has 2 aliphatic rings. The average molecular weight is 284 g/mol. The monoisotopic (exact) mass is 284 g/mol. The lowest BCUT2D eigenvalue weighted by molar-refractivity contribution is -0.141. The summed E-state index contributed by atoms with van der Waals surface area (Å²) in [5.41, 5.74) is 1.02. The first kappa shape index (κ1) is 12.1. The van der Waals surface area contributed by atoms with E-state index in [1.807, 2.05) is 24.3 Å².